The summed E-state index contributed by atoms with van der Waals surface area (Å²) >= 11 is 0. The van der Waals surface area contributed by atoms with Gasteiger partial charge in [-0.3, -0.25) is 9.59 Å². The van der Waals surface area contributed by atoms with E-state index >= 15 is 0 Å². The molecule has 2 saturated carbocycles. The molecule has 2 aliphatic carbocycles. The number of nitroso groups, excluding NO2 is 1. The Hall–Kier alpha value is -3.08. The third-order valence-corrected chi connectivity index (χ3v) is 8.47. The molecular formula is C27H36FN2O8+. The number of benzene rings is 1. The van der Waals surface area contributed by atoms with Crippen LogP contribution in [0.5, 0.6) is 11.5 Å². The summed E-state index contributed by atoms with van der Waals surface area (Å²) in [7, 11) is 1.26. The van der Waals surface area contributed by atoms with Crippen LogP contribution in [0.25, 0.3) is 0 Å². The van der Waals surface area contributed by atoms with Gasteiger partial charge in [0.15, 0.2) is 11.6 Å². The molecule has 0 radical (unpaired) electrons. The Kier molecular flexibility index (Phi) is 8.06. The first-order valence-corrected chi connectivity index (χ1v) is 13.1. The van der Waals surface area contributed by atoms with Crippen molar-refractivity contribution in [1.29, 1.82) is 0 Å². The van der Waals surface area contributed by atoms with Gasteiger partial charge in [-0.1, -0.05) is 13.3 Å². The fraction of sp³-hybridized carbons (Fsp3) is 0.667. The highest BCUT2D eigenvalue weighted by atomic mass is 19.1. The van der Waals surface area contributed by atoms with Crippen LogP contribution in [-0.2, 0) is 14.3 Å². The second-order valence-corrected chi connectivity index (χ2v) is 11.4. The molecule has 208 valence electrons. The van der Waals surface area contributed by atoms with E-state index in [9.17, 15) is 28.8 Å². The van der Waals surface area contributed by atoms with E-state index in [1.807, 2.05) is 0 Å². The predicted molar refractivity (Wildman–Crippen MR) is 133 cm³/mol. The minimum absolute atomic E-state index is 0.0189. The van der Waals surface area contributed by atoms with Gasteiger partial charge in [-0.05, 0) is 50.9 Å². The number of carbonyl (C=O) groups excluding carboxylic acids is 2. The van der Waals surface area contributed by atoms with Gasteiger partial charge in [-0.15, -0.1) is 0 Å². The lowest BCUT2D eigenvalue weighted by atomic mass is 9.70. The van der Waals surface area contributed by atoms with Crippen LogP contribution in [0.2, 0.25) is 0 Å². The highest BCUT2D eigenvalue weighted by molar-refractivity contribution is 5.92. The molecule has 3 fully saturated rings. The van der Waals surface area contributed by atoms with Crippen molar-refractivity contribution in [3.05, 3.63) is 28.4 Å². The number of halogens is 1. The highest BCUT2D eigenvalue weighted by Crippen LogP contribution is 2.40. The van der Waals surface area contributed by atoms with Gasteiger partial charge >= 0.3 is 11.9 Å². The van der Waals surface area contributed by atoms with Crippen molar-refractivity contribution >= 4 is 17.8 Å². The van der Waals surface area contributed by atoms with Crippen LogP contribution >= 0.6 is 0 Å². The maximum Gasteiger partial charge on any atom is 0.469 e. The largest absolute Gasteiger partial charge is 0.496 e. The molecule has 2 N–H and O–H groups in total. The van der Waals surface area contributed by atoms with Crippen LogP contribution in [0.15, 0.2) is 12.1 Å². The number of ether oxygens (including phenoxy) is 3. The number of amides is 2. The molecule has 0 spiro atoms. The molecule has 1 aromatic rings. The van der Waals surface area contributed by atoms with Crippen LogP contribution in [0.1, 0.15) is 69.2 Å². The standard InChI is InChI=1S/C27H35FN2O8/c1-26(7-4-8-26)15-29-23(31)18-13-37-14-20(18)30(35)24(32)17-11-22(19(28)12-21(17)36-3)38-16-5-9-27(2,10-6-16)25(33)34/h11-12,16,18,20H,4-10,13-15H2,1-3H3,(H-,29,31,33,34)/p+1/t16?,18-,20+,27?/m0/s1. The Morgan fingerprint density at radius 2 is 1.82 bits per heavy atom. The van der Waals surface area contributed by atoms with Gasteiger partial charge in [0, 0.05) is 23.6 Å². The summed E-state index contributed by atoms with van der Waals surface area (Å²) in [5.74, 6) is -4.17. The Labute approximate surface area is 220 Å². The molecule has 4 rings (SSSR count). The summed E-state index contributed by atoms with van der Waals surface area (Å²) in [6.07, 6.45) is 4.28. The predicted octanol–water partition coefficient (Wildman–Crippen LogP) is 3.49. The van der Waals surface area contributed by atoms with E-state index < -0.39 is 41.2 Å². The van der Waals surface area contributed by atoms with E-state index in [0.717, 1.165) is 31.4 Å². The third kappa shape index (κ3) is 5.67. The smallest absolute Gasteiger partial charge is 0.469 e. The lowest BCUT2D eigenvalue weighted by Gasteiger charge is -2.38. The van der Waals surface area contributed by atoms with E-state index in [1.54, 1.807) is 6.92 Å². The van der Waals surface area contributed by atoms with Gasteiger partial charge in [-0.2, -0.15) is 0 Å². The van der Waals surface area contributed by atoms with Crippen LogP contribution in [0.4, 0.5) is 4.39 Å². The Morgan fingerprint density at radius 3 is 2.39 bits per heavy atom. The number of nitrogens with one attached hydrogen (secondary N) is 1. The summed E-state index contributed by atoms with van der Waals surface area (Å²) in [6, 6.07) is 1.08. The van der Waals surface area contributed by atoms with Gasteiger partial charge in [0.1, 0.15) is 23.8 Å². The molecule has 1 aromatic carbocycles. The SMILES string of the molecule is COc1cc(F)c(OC2CCC(C)(C(=O)O)CC2)cc1C(=O)[N+](=O)[C@@H]1COC[C@@H]1C(=O)NCC1(C)CCC1. The maximum absolute atomic E-state index is 14.8. The monoisotopic (exact) mass is 535 g/mol. The molecule has 1 heterocycles. The van der Waals surface area contributed by atoms with Gasteiger partial charge in [-0.25, -0.2) is 9.18 Å². The third-order valence-electron chi connectivity index (χ3n) is 8.47. The first-order valence-electron chi connectivity index (χ1n) is 13.1. The zero-order chi connectivity index (χ0) is 27.7. The topological polar surface area (TPSA) is 131 Å². The molecule has 2 atom stereocenters. The highest BCUT2D eigenvalue weighted by Gasteiger charge is 2.49. The molecule has 1 saturated heterocycles. The van der Waals surface area contributed by atoms with Crippen molar-refractivity contribution in [2.45, 2.75) is 70.9 Å². The molecule has 1 aliphatic heterocycles. The van der Waals surface area contributed by atoms with Crippen molar-refractivity contribution in [2.75, 3.05) is 26.9 Å². The zero-order valence-electron chi connectivity index (χ0n) is 22.1. The Balaban J connectivity index is 1.46. The molecular weight excluding hydrogens is 499 g/mol. The van der Waals surface area contributed by atoms with Crippen molar-refractivity contribution < 1.29 is 42.9 Å². The number of hydrogen-bond acceptors (Lipinski definition) is 7. The van der Waals surface area contributed by atoms with Gasteiger partial charge in [0.05, 0.1) is 30.0 Å². The minimum atomic E-state index is -1.04. The van der Waals surface area contributed by atoms with Gasteiger partial charge in [0.2, 0.25) is 11.9 Å². The first-order chi connectivity index (χ1) is 18.0. The molecule has 3 aliphatic rings. The average molecular weight is 536 g/mol. The van der Waals surface area contributed by atoms with Gasteiger partial charge < -0.3 is 24.6 Å². The van der Waals surface area contributed by atoms with Crippen molar-refractivity contribution in [2.24, 2.45) is 16.7 Å². The maximum atomic E-state index is 14.8. The minimum Gasteiger partial charge on any atom is -0.496 e. The molecule has 38 heavy (non-hydrogen) atoms. The van der Waals surface area contributed by atoms with Crippen molar-refractivity contribution in [3.63, 3.8) is 0 Å². The van der Waals surface area contributed by atoms with Crippen LogP contribution < -0.4 is 14.8 Å². The lowest BCUT2D eigenvalue weighted by Crippen LogP contribution is -2.47. The number of methoxy groups -OCH3 is 1. The molecule has 0 aromatic heterocycles. The molecule has 10 nitrogen and oxygen atoms in total. The molecule has 2 amide bonds. The summed E-state index contributed by atoms with van der Waals surface area (Å²) in [5.41, 5.74) is -0.997. The van der Waals surface area contributed by atoms with Crippen LogP contribution in [0, 0.1) is 27.5 Å². The van der Waals surface area contributed by atoms with Crippen LogP contribution in [-0.4, -0.2) is 66.7 Å². The summed E-state index contributed by atoms with van der Waals surface area (Å²) < 4.78 is 31.4. The van der Waals surface area contributed by atoms with E-state index in [0.29, 0.717) is 32.2 Å². The molecule has 0 bridgehead atoms. The molecule has 11 heteroatoms. The number of aliphatic carboxylic acids is 1. The summed E-state index contributed by atoms with van der Waals surface area (Å²) in [4.78, 5) is 50.8. The number of hydrogen-bond donors (Lipinski definition) is 2. The van der Waals surface area contributed by atoms with E-state index in [4.69, 9.17) is 14.2 Å². The normalized spacial score (nSPS) is 28.2. The number of carboxylic acids is 1. The fourth-order valence-electron chi connectivity index (χ4n) is 5.38. The van der Waals surface area contributed by atoms with Gasteiger partial charge in [0.25, 0.3) is 0 Å². The quantitative estimate of drug-likeness (QED) is 0.460. The molecule has 0 unspecified atom stereocenters. The zero-order valence-corrected chi connectivity index (χ0v) is 22.1. The second kappa shape index (κ2) is 11.0. The second-order valence-electron chi connectivity index (χ2n) is 11.4. The Morgan fingerprint density at radius 1 is 1.13 bits per heavy atom. The van der Waals surface area contributed by atoms with Crippen molar-refractivity contribution in [3.8, 4) is 11.5 Å². The van der Waals surface area contributed by atoms with Crippen LogP contribution in [0.3, 0.4) is 0 Å². The first kappa shape index (κ1) is 27.9. The number of carbonyl (C=O) groups is 3. The number of nitrogens with zero attached hydrogens (tertiary/aromatic N) is 1. The fourth-order valence-corrected chi connectivity index (χ4v) is 5.38. The van der Waals surface area contributed by atoms with E-state index in [-0.39, 0.29) is 46.4 Å². The van der Waals surface area contributed by atoms with Crippen molar-refractivity contribution in [1.82, 2.24) is 5.32 Å². The Bertz CT molecular complexity index is 1110. The van der Waals surface area contributed by atoms with E-state index in [1.165, 1.54) is 7.11 Å². The van der Waals surface area contributed by atoms with E-state index in [2.05, 4.69) is 12.2 Å². The average Bonchev–Trinajstić information content (AvgIpc) is 3.37. The lowest BCUT2D eigenvalue weighted by molar-refractivity contribution is -0.495. The summed E-state index contributed by atoms with van der Waals surface area (Å²) in [6.45, 7) is 4.20. The number of rotatable bonds is 9. The number of carboxylic acid groups (broad SMARTS) is 1. The summed E-state index contributed by atoms with van der Waals surface area (Å²) in [5, 5.41) is 12.3.